The molecule has 0 aliphatic rings. The van der Waals surface area contributed by atoms with Gasteiger partial charge in [0.05, 0.1) is 17.9 Å². The first-order valence-corrected chi connectivity index (χ1v) is 10.3. The molecule has 4 rings (SSSR count). The zero-order valence-electron chi connectivity index (χ0n) is 17.3. The Hall–Kier alpha value is -3.57. The maximum absolute atomic E-state index is 12.8. The van der Waals surface area contributed by atoms with Crippen LogP contribution in [0.3, 0.4) is 0 Å². The second-order valence-corrected chi connectivity index (χ2v) is 7.73. The maximum Gasteiger partial charge on any atom is 0.255 e. The zero-order chi connectivity index (χ0) is 21.8. The van der Waals surface area contributed by atoms with E-state index in [9.17, 15) is 4.79 Å². The molecular formula is C25H22ClN3O2. The van der Waals surface area contributed by atoms with Crippen molar-refractivity contribution in [3.63, 3.8) is 0 Å². The molecule has 0 atom stereocenters. The Morgan fingerprint density at radius 2 is 1.74 bits per heavy atom. The molecule has 5 nitrogen and oxygen atoms in total. The van der Waals surface area contributed by atoms with E-state index in [2.05, 4.69) is 10.4 Å². The minimum absolute atomic E-state index is 0.238. The number of hydrogen-bond donors (Lipinski definition) is 1. The number of para-hydroxylation sites is 1. The molecule has 0 bridgehead atoms. The molecule has 6 heteroatoms. The molecule has 0 saturated heterocycles. The van der Waals surface area contributed by atoms with Crippen molar-refractivity contribution >= 4 is 23.2 Å². The van der Waals surface area contributed by atoms with E-state index < -0.39 is 0 Å². The molecule has 0 aliphatic heterocycles. The molecule has 0 spiro atoms. The summed E-state index contributed by atoms with van der Waals surface area (Å²) in [6.07, 6.45) is 0. The van der Waals surface area contributed by atoms with Gasteiger partial charge in [-0.3, -0.25) is 9.48 Å². The number of rotatable bonds is 6. The Balaban J connectivity index is 1.49. The third-order valence-corrected chi connectivity index (χ3v) is 5.05. The second kappa shape index (κ2) is 9.06. The number of anilines is 1. The van der Waals surface area contributed by atoms with E-state index in [1.807, 2.05) is 67.1 Å². The Bertz CT molecular complexity index is 1200. The van der Waals surface area contributed by atoms with Crippen LogP contribution in [-0.2, 0) is 6.54 Å². The van der Waals surface area contributed by atoms with Gasteiger partial charge in [-0.25, -0.2) is 0 Å². The molecule has 1 N–H and O–H groups in total. The van der Waals surface area contributed by atoms with Crippen molar-refractivity contribution in [1.29, 1.82) is 0 Å². The number of aryl methyl sites for hydroxylation is 2. The van der Waals surface area contributed by atoms with E-state index in [-0.39, 0.29) is 5.91 Å². The van der Waals surface area contributed by atoms with E-state index in [1.54, 1.807) is 30.3 Å². The highest BCUT2D eigenvalue weighted by Crippen LogP contribution is 2.32. The van der Waals surface area contributed by atoms with E-state index in [0.29, 0.717) is 34.3 Å². The molecule has 1 heterocycles. The smallest absolute Gasteiger partial charge is 0.255 e. The lowest BCUT2D eigenvalue weighted by molar-refractivity contribution is 0.102. The number of ether oxygens (including phenoxy) is 1. The summed E-state index contributed by atoms with van der Waals surface area (Å²) < 4.78 is 7.86. The third-order valence-electron chi connectivity index (χ3n) is 4.81. The second-order valence-electron chi connectivity index (χ2n) is 7.29. The first-order chi connectivity index (χ1) is 15.0. The summed E-state index contributed by atoms with van der Waals surface area (Å²) in [5, 5.41) is 7.90. The molecule has 0 unspecified atom stereocenters. The van der Waals surface area contributed by atoms with Crippen LogP contribution in [0.4, 0.5) is 5.69 Å². The summed E-state index contributed by atoms with van der Waals surface area (Å²) in [7, 11) is 0. The molecule has 0 fully saturated rings. The molecule has 0 saturated carbocycles. The largest absolute Gasteiger partial charge is 0.455 e. The van der Waals surface area contributed by atoms with Crippen molar-refractivity contribution in [3.8, 4) is 11.5 Å². The van der Waals surface area contributed by atoms with Crippen LogP contribution in [0.5, 0.6) is 11.5 Å². The first kappa shape index (κ1) is 20.7. The van der Waals surface area contributed by atoms with Crippen molar-refractivity contribution in [1.82, 2.24) is 9.78 Å². The van der Waals surface area contributed by atoms with Gasteiger partial charge in [0.25, 0.3) is 5.91 Å². The summed E-state index contributed by atoms with van der Waals surface area (Å²) in [5.74, 6) is 0.955. The Morgan fingerprint density at radius 3 is 2.42 bits per heavy atom. The van der Waals surface area contributed by atoms with Crippen molar-refractivity contribution in [3.05, 3.63) is 106 Å². The molecule has 156 valence electrons. The molecule has 3 aromatic carbocycles. The van der Waals surface area contributed by atoms with Gasteiger partial charge in [0.1, 0.15) is 5.75 Å². The number of amides is 1. The topological polar surface area (TPSA) is 56.2 Å². The number of hydrogen-bond acceptors (Lipinski definition) is 3. The predicted molar refractivity (Wildman–Crippen MR) is 123 cm³/mol. The lowest BCUT2D eigenvalue weighted by Gasteiger charge is -2.13. The van der Waals surface area contributed by atoms with Crippen molar-refractivity contribution < 1.29 is 9.53 Å². The number of nitrogens with zero attached hydrogens (tertiary/aromatic N) is 2. The normalized spacial score (nSPS) is 10.7. The highest BCUT2D eigenvalue weighted by molar-refractivity contribution is 6.31. The molecule has 1 aromatic heterocycles. The van der Waals surface area contributed by atoms with Gasteiger partial charge in [0.2, 0.25) is 0 Å². The van der Waals surface area contributed by atoms with Crippen molar-refractivity contribution in [2.75, 3.05) is 5.32 Å². The third kappa shape index (κ3) is 5.13. The molecule has 0 aliphatic carbocycles. The summed E-state index contributed by atoms with van der Waals surface area (Å²) in [6.45, 7) is 4.66. The minimum atomic E-state index is -0.238. The average Bonchev–Trinajstić information content (AvgIpc) is 3.08. The lowest BCUT2D eigenvalue weighted by atomic mass is 10.1. The summed E-state index contributed by atoms with van der Waals surface area (Å²) in [4.78, 5) is 12.8. The van der Waals surface area contributed by atoms with Crippen LogP contribution < -0.4 is 10.1 Å². The van der Waals surface area contributed by atoms with Gasteiger partial charge in [0, 0.05) is 16.3 Å². The maximum atomic E-state index is 12.8. The zero-order valence-corrected chi connectivity index (χ0v) is 18.1. The highest BCUT2D eigenvalue weighted by Gasteiger charge is 2.12. The quantitative estimate of drug-likeness (QED) is 0.392. The van der Waals surface area contributed by atoms with Gasteiger partial charge >= 0.3 is 0 Å². The van der Waals surface area contributed by atoms with Crippen LogP contribution in [0, 0.1) is 13.8 Å². The summed E-state index contributed by atoms with van der Waals surface area (Å²) in [5.41, 5.74) is 4.21. The van der Waals surface area contributed by atoms with E-state index >= 15 is 0 Å². The number of carbonyl (C=O) groups excluding carboxylic acids is 1. The van der Waals surface area contributed by atoms with Gasteiger partial charge in [-0.05, 0) is 67.9 Å². The lowest BCUT2D eigenvalue weighted by Crippen LogP contribution is -2.13. The standard InChI is InChI=1S/C25H22ClN3O2/c1-17-14-18(2)29(28-17)16-19-8-10-20(11-9-19)25(30)27-23-15-21(26)12-13-24(23)31-22-6-4-3-5-7-22/h3-15H,16H2,1-2H3,(H,27,30). The first-order valence-electron chi connectivity index (χ1n) is 9.92. The Kier molecular flexibility index (Phi) is 6.05. The molecular weight excluding hydrogens is 410 g/mol. The van der Waals surface area contributed by atoms with Crippen LogP contribution in [0.15, 0.2) is 78.9 Å². The van der Waals surface area contributed by atoms with Gasteiger partial charge in [-0.15, -0.1) is 0 Å². The van der Waals surface area contributed by atoms with Crippen LogP contribution in [0.25, 0.3) is 0 Å². The molecule has 4 aromatic rings. The van der Waals surface area contributed by atoms with E-state index in [4.69, 9.17) is 16.3 Å². The fourth-order valence-corrected chi connectivity index (χ4v) is 3.44. The molecule has 0 radical (unpaired) electrons. The number of aromatic nitrogens is 2. The fraction of sp³-hybridized carbons (Fsp3) is 0.120. The summed E-state index contributed by atoms with van der Waals surface area (Å²) in [6, 6.07) is 24.0. The Morgan fingerprint density at radius 1 is 1.00 bits per heavy atom. The number of carbonyl (C=O) groups is 1. The summed E-state index contributed by atoms with van der Waals surface area (Å²) >= 11 is 6.15. The highest BCUT2D eigenvalue weighted by atomic mass is 35.5. The van der Waals surface area contributed by atoms with Crippen molar-refractivity contribution in [2.45, 2.75) is 20.4 Å². The monoisotopic (exact) mass is 431 g/mol. The van der Waals surface area contributed by atoms with Crippen LogP contribution in [0.2, 0.25) is 5.02 Å². The minimum Gasteiger partial charge on any atom is -0.455 e. The van der Waals surface area contributed by atoms with Gasteiger partial charge in [-0.2, -0.15) is 5.10 Å². The van der Waals surface area contributed by atoms with E-state index in [0.717, 1.165) is 17.0 Å². The van der Waals surface area contributed by atoms with Crippen molar-refractivity contribution in [2.24, 2.45) is 0 Å². The van der Waals surface area contributed by atoms with Crippen LogP contribution >= 0.6 is 11.6 Å². The number of benzene rings is 3. The van der Waals surface area contributed by atoms with Gasteiger partial charge in [0.15, 0.2) is 5.75 Å². The SMILES string of the molecule is Cc1cc(C)n(Cc2ccc(C(=O)Nc3cc(Cl)ccc3Oc3ccccc3)cc2)n1. The number of nitrogens with one attached hydrogen (secondary N) is 1. The average molecular weight is 432 g/mol. The molecule has 31 heavy (non-hydrogen) atoms. The van der Waals surface area contributed by atoms with Crippen LogP contribution in [-0.4, -0.2) is 15.7 Å². The number of halogens is 1. The molecule has 1 amide bonds. The van der Waals surface area contributed by atoms with Gasteiger partial charge < -0.3 is 10.1 Å². The fourth-order valence-electron chi connectivity index (χ4n) is 3.27. The predicted octanol–water partition coefficient (Wildman–Crippen LogP) is 6.25. The van der Waals surface area contributed by atoms with Crippen LogP contribution in [0.1, 0.15) is 27.3 Å². The van der Waals surface area contributed by atoms with Gasteiger partial charge in [-0.1, -0.05) is 41.9 Å². The van der Waals surface area contributed by atoms with E-state index in [1.165, 1.54) is 0 Å². The Labute approximate surface area is 186 Å².